The van der Waals surface area contributed by atoms with Crippen molar-refractivity contribution in [1.29, 1.82) is 0 Å². The molecule has 0 heterocycles. The van der Waals surface area contributed by atoms with Gasteiger partial charge in [-0.15, -0.1) is 0 Å². The minimum Gasteiger partial charge on any atom is -0.489 e. The van der Waals surface area contributed by atoms with Crippen LogP contribution in [0.5, 0.6) is 5.75 Å². The zero-order valence-electron chi connectivity index (χ0n) is 15.1. The molecule has 0 spiro atoms. The second-order valence-electron chi connectivity index (χ2n) is 6.42. The van der Waals surface area contributed by atoms with Crippen LogP contribution in [0.2, 0.25) is 0 Å². The molecule has 0 radical (unpaired) electrons. The summed E-state index contributed by atoms with van der Waals surface area (Å²) in [7, 11) is 0. The van der Waals surface area contributed by atoms with Crippen molar-refractivity contribution in [3.05, 3.63) is 96.1 Å². The zero-order valence-corrected chi connectivity index (χ0v) is 15.1. The number of hydrogen-bond acceptors (Lipinski definition) is 3. The van der Waals surface area contributed by atoms with Gasteiger partial charge in [-0.1, -0.05) is 66.7 Å². The van der Waals surface area contributed by atoms with E-state index in [4.69, 9.17) is 4.74 Å². The zero-order chi connectivity index (χ0) is 18.2. The molecule has 0 aliphatic rings. The highest BCUT2D eigenvalue weighted by atomic mass is 16.5. The van der Waals surface area contributed by atoms with Crippen LogP contribution in [0.15, 0.2) is 84.9 Å². The molecule has 3 heteroatoms. The van der Waals surface area contributed by atoms with Gasteiger partial charge in [-0.25, -0.2) is 0 Å². The van der Waals surface area contributed by atoms with Crippen LogP contribution in [0.1, 0.15) is 18.1 Å². The quantitative estimate of drug-likeness (QED) is 0.644. The number of aliphatic hydroxyl groups excluding tert-OH is 1. The van der Waals surface area contributed by atoms with Gasteiger partial charge >= 0.3 is 0 Å². The van der Waals surface area contributed by atoms with E-state index in [1.807, 2.05) is 61.5 Å². The van der Waals surface area contributed by atoms with Gasteiger partial charge < -0.3 is 14.7 Å². The molecule has 0 amide bonds. The fourth-order valence-electron chi connectivity index (χ4n) is 2.87. The Balaban J connectivity index is 1.76. The van der Waals surface area contributed by atoms with Gasteiger partial charge in [-0.3, -0.25) is 0 Å². The maximum Gasteiger partial charge on any atom is 0.121 e. The van der Waals surface area contributed by atoms with E-state index in [2.05, 4.69) is 35.2 Å². The van der Waals surface area contributed by atoms with Crippen molar-refractivity contribution in [2.45, 2.75) is 26.1 Å². The third-order valence-electron chi connectivity index (χ3n) is 4.39. The normalized spacial score (nSPS) is 11.8. The molecular formula is C23H25NO2. The lowest BCUT2D eigenvalue weighted by molar-refractivity contribution is 0.266. The highest BCUT2D eigenvalue weighted by Gasteiger charge is 2.15. The molecule has 1 unspecified atom stereocenters. The molecule has 0 saturated heterocycles. The molecule has 3 rings (SSSR count). The number of nitrogens with zero attached hydrogens (tertiary/aromatic N) is 1. The average Bonchev–Trinajstić information content (AvgIpc) is 2.71. The molecule has 26 heavy (non-hydrogen) atoms. The maximum atomic E-state index is 9.69. The van der Waals surface area contributed by atoms with Crippen LogP contribution in [-0.2, 0) is 13.2 Å². The summed E-state index contributed by atoms with van der Waals surface area (Å²) in [6, 6.07) is 28.5. The summed E-state index contributed by atoms with van der Waals surface area (Å²) in [4.78, 5) is 2.20. The Bertz CT molecular complexity index is 790. The van der Waals surface area contributed by atoms with E-state index in [1.54, 1.807) is 0 Å². The lowest BCUT2D eigenvalue weighted by Gasteiger charge is -2.30. The predicted octanol–water partition coefficient (Wildman–Crippen LogP) is 4.65. The van der Waals surface area contributed by atoms with E-state index >= 15 is 0 Å². The molecule has 1 atom stereocenters. The Hall–Kier alpha value is -2.78. The Morgan fingerprint density at radius 3 is 2.15 bits per heavy atom. The van der Waals surface area contributed by atoms with Crippen LogP contribution in [0.25, 0.3) is 0 Å². The van der Waals surface area contributed by atoms with Crippen molar-refractivity contribution in [1.82, 2.24) is 0 Å². The molecular weight excluding hydrogens is 322 g/mol. The SMILES string of the molecule is CC(CO)N(Cc1ccccc1)c1cccc(OCc2ccccc2)c1. The first-order chi connectivity index (χ1) is 12.8. The number of aliphatic hydroxyl groups is 1. The highest BCUT2D eigenvalue weighted by molar-refractivity contribution is 5.52. The van der Waals surface area contributed by atoms with Gasteiger partial charge in [0.05, 0.1) is 6.61 Å². The molecule has 0 saturated carbocycles. The molecule has 3 aromatic carbocycles. The van der Waals surface area contributed by atoms with Crippen molar-refractivity contribution >= 4 is 5.69 Å². The monoisotopic (exact) mass is 347 g/mol. The Labute approximate surface area is 155 Å². The lowest BCUT2D eigenvalue weighted by atomic mass is 10.1. The van der Waals surface area contributed by atoms with Crippen LogP contribution in [0.3, 0.4) is 0 Å². The van der Waals surface area contributed by atoms with Gasteiger partial charge in [0, 0.05) is 24.3 Å². The van der Waals surface area contributed by atoms with Gasteiger partial charge in [0.15, 0.2) is 0 Å². The number of ether oxygens (including phenoxy) is 1. The molecule has 3 nitrogen and oxygen atoms in total. The first-order valence-electron chi connectivity index (χ1n) is 8.94. The summed E-state index contributed by atoms with van der Waals surface area (Å²) in [5, 5.41) is 9.69. The van der Waals surface area contributed by atoms with Gasteiger partial charge in [-0.2, -0.15) is 0 Å². The van der Waals surface area contributed by atoms with Crippen molar-refractivity contribution in [2.75, 3.05) is 11.5 Å². The first kappa shape index (κ1) is 18.0. The predicted molar refractivity (Wildman–Crippen MR) is 106 cm³/mol. The third kappa shape index (κ3) is 4.87. The molecule has 3 aromatic rings. The molecule has 0 fully saturated rings. The van der Waals surface area contributed by atoms with Crippen LogP contribution in [0, 0.1) is 0 Å². The van der Waals surface area contributed by atoms with E-state index in [0.717, 1.165) is 23.5 Å². The van der Waals surface area contributed by atoms with Crippen molar-refractivity contribution in [3.8, 4) is 5.75 Å². The Morgan fingerprint density at radius 1 is 0.846 bits per heavy atom. The smallest absolute Gasteiger partial charge is 0.121 e. The molecule has 0 aliphatic heterocycles. The summed E-state index contributed by atoms with van der Waals surface area (Å²) in [5.74, 6) is 0.828. The summed E-state index contributed by atoms with van der Waals surface area (Å²) in [6.45, 7) is 3.41. The standard InChI is InChI=1S/C23H25NO2/c1-19(17-25)24(16-20-9-4-2-5-10-20)22-13-8-14-23(15-22)26-18-21-11-6-3-7-12-21/h2-15,19,25H,16-18H2,1H3. The minimum absolute atomic E-state index is 0.0135. The van der Waals surface area contributed by atoms with E-state index in [9.17, 15) is 5.11 Å². The third-order valence-corrected chi connectivity index (χ3v) is 4.39. The Morgan fingerprint density at radius 2 is 1.50 bits per heavy atom. The van der Waals surface area contributed by atoms with E-state index in [-0.39, 0.29) is 12.6 Å². The first-order valence-corrected chi connectivity index (χ1v) is 8.94. The minimum atomic E-state index is 0.0135. The van der Waals surface area contributed by atoms with Crippen molar-refractivity contribution in [2.24, 2.45) is 0 Å². The number of rotatable bonds is 8. The summed E-state index contributed by atoms with van der Waals surface area (Å²) in [5.41, 5.74) is 3.40. The second-order valence-corrected chi connectivity index (χ2v) is 6.42. The van der Waals surface area contributed by atoms with Gasteiger partial charge in [0.2, 0.25) is 0 Å². The van der Waals surface area contributed by atoms with Gasteiger partial charge in [-0.05, 0) is 30.2 Å². The molecule has 134 valence electrons. The fraction of sp³-hybridized carbons (Fsp3) is 0.217. The van der Waals surface area contributed by atoms with Crippen LogP contribution >= 0.6 is 0 Å². The van der Waals surface area contributed by atoms with Gasteiger partial charge in [0.1, 0.15) is 12.4 Å². The molecule has 0 bridgehead atoms. The topological polar surface area (TPSA) is 32.7 Å². The number of benzene rings is 3. The van der Waals surface area contributed by atoms with Crippen molar-refractivity contribution < 1.29 is 9.84 Å². The summed E-state index contributed by atoms with van der Waals surface area (Å²) < 4.78 is 5.96. The molecule has 1 N–H and O–H groups in total. The van der Waals surface area contributed by atoms with E-state index < -0.39 is 0 Å². The van der Waals surface area contributed by atoms with Crippen molar-refractivity contribution in [3.63, 3.8) is 0 Å². The fourth-order valence-corrected chi connectivity index (χ4v) is 2.87. The summed E-state index contributed by atoms with van der Waals surface area (Å²) >= 11 is 0. The van der Waals surface area contributed by atoms with E-state index in [1.165, 1.54) is 5.56 Å². The van der Waals surface area contributed by atoms with E-state index in [0.29, 0.717) is 6.61 Å². The second kappa shape index (κ2) is 9.07. The summed E-state index contributed by atoms with van der Waals surface area (Å²) in [6.07, 6.45) is 0. The van der Waals surface area contributed by atoms with Crippen LogP contribution < -0.4 is 9.64 Å². The highest BCUT2D eigenvalue weighted by Crippen LogP contribution is 2.25. The lowest BCUT2D eigenvalue weighted by Crippen LogP contribution is -2.35. The largest absolute Gasteiger partial charge is 0.489 e. The molecule has 0 aromatic heterocycles. The number of anilines is 1. The number of hydrogen-bond donors (Lipinski definition) is 1. The molecule has 0 aliphatic carbocycles. The van der Waals surface area contributed by atoms with Crippen LogP contribution in [-0.4, -0.2) is 17.8 Å². The maximum absolute atomic E-state index is 9.69. The van der Waals surface area contributed by atoms with Crippen LogP contribution in [0.4, 0.5) is 5.69 Å². The average molecular weight is 347 g/mol. The Kier molecular flexibility index (Phi) is 6.29. The van der Waals surface area contributed by atoms with Gasteiger partial charge in [0.25, 0.3) is 0 Å².